The second-order valence-corrected chi connectivity index (χ2v) is 8.64. The van der Waals surface area contributed by atoms with Gasteiger partial charge in [-0.25, -0.2) is 9.80 Å². The normalized spacial score (nSPS) is 13.4. The van der Waals surface area contributed by atoms with Gasteiger partial charge in [0, 0.05) is 30.6 Å². The Bertz CT molecular complexity index is 1070. The van der Waals surface area contributed by atoms with Gasteiger partial charge >= 0.3 is 6.09 Å². The number of amides is 2. The molecule has 0 atom stereocenters. The lowest BCUT2D eigenvalue weighted by atomic mass is 10.0. The molecule has 37 heavy (non-hydrogen) atoms. The van der Waals surface area contributed by atoms with Crippen molar-refractivity contribution in [2.45, 2.75) is 46.6 Å². The molecule has 2 amide bonds. The highest BCUT2D eigenvalue weighted by Crippen LogP contribution is 2.30. The number of hydrazone groups is 1. The first-order chi connectivity index (χ1) is 18.0. The van der Waals surface area contributed by atoms with Gasteiger partial charge < -0.3 is 19.1 Å². The van der Waals surface area contributed by atoms with Crippen molar-refractivity contribution in [1.82, 2.24) is 9.91 Å². The first-order valence-electron chi connectivity index (χ1n) is 12.9. The smallest absolute Gasteiger partial charge is 0.411 e. The van der Waals surface area contributed by atoms with Crippen LogP contribution in [0.2, 0.25) is 0 Å². The van der Waals surface area contributed by atoms with E-state index in [-0.39, 0.29) is 5.91 Å². The van der Waals surface area contributed by atoms with Crippen molar-refractivity contribution in [3.05, 3.63) is 53.6 Å². The quantitative estimate of drug-likeness (QED) is 0.385. The number of nitrogens with zero attached hydrogens (tertiary/aromatic N) is 3. The Morgan fingerprint density at radius 2 is 1.81 bits per heavy atom. The number of nitrogens with one attached hydrogen (secondary N) is 1. The Hall–Kier alpha value is -3.59. The third-order valence-electron chi connectivity index (χ3n) is 6.18. The molecule has 3 rings (SSSR count). The molecule has 0 saturated heterocycles. The van der Waals surface area contributed by atoms with Gasteiger partial charge in [-0.2, -0.15) is 5.10 Å². The Balaban J connectivity index is 1.57. The van der Waals surface area contributed by atoms with E-state index in [1.165, 1.54) is 5.01 Å². The molecule has 0 radical (unpaired) electrons. The molecular weight excluding hydrogens is 472 g/mol. The minimum absolute atomic E-state index is 0.0298. The summed E-state index contributed by atoms with van der Waals surface area (Å²) in [5.41, 5.74) is 3.26. The first-order valence-corrected chi connectivity index (χ1v) is 12.9. The highest BCUT2D eigenvalue weighted by atomic mass is 16.5. The Morgan fingerprint density at radius 1 is 1.05 bits per heavy atom. The monoisotopic (exact) mass is 510 g/mol. The van der Waals surface area contributed by atoms with Crippen molar-refractivity contribution in [1.29, 1.82) is 0 Å². The zero-order chi connectivity index (χ0) is 26.6. The summed E-state index contributed by atoms with van der Waals surface area (Å²) in [6.45, 7) is 10.3. The number of ether oxygens (including phenoxy) is 3. The van der Waals surface area contributed by atoms with Gasteiger partial charge in [-0.05, 0) is 62.3 Å². The Labute approximate surface area is 219 Å². The van der Waals surface area contributed by atoms with E-state index < -0.39 is 6.09 Å². The molecule has 1 heterocycles. The van der Waals surface area contributed by atoms with Crippen LogP contribution < -0.4 is 14.8 Å². The number of carbonyl (C=O) groups is 2. The average molecular weight is 511 g/mol. The minimum atomic E-state index is -0.473. The van der Waals surface area contributed by atoms with E-state index in [1.807, 2.05) is 37.3 Å². The van der Waals surface area contributed by atoms with Gasteiger partial charge in [0.05, 0.1) is 32.6 Å². The summed E-state index contributed by atoms with van der Waals surface area (Å²) < 4.78 is 16.3. The Morgan fingerprint density at radius 3 is 2.49 bits per heavy atom. The molecule has 0 aliphatic carbocycles. The number of anilines is 1. The van der Waals surface area contributed by atoms with Crippen LogP contribution in [0, 0.1) is 0 Å². The zero-order valence-electron chi connectivity index (χ0n) is 22.3. The molecular formula is C28H38N4O5. The highest BCUT2D eigenvalue weighted by Gasteiger charge is 2.22. The summed E-state index contributed by atoms with van der Waals surface area (Å²) in [5, 5.41) is 8.88. The molecule has 2 aromatic carbocycles. The van der Waals surface area contributed by atoms with Crippen LogP contribution in [0.25, 0.3) is 0 Å². The van der Waals surface area contributed by atoms with Gasteiger partial charge in [-0.1, -0.05) is 26.0 Å². The summed E-state index contributed by atoms with van der Waals surface area (Å²) in [7, 11) is 1.61. The summed E-state index contributed by atoms with van der Waals surface area (Å²) in [5.74, 6) is 1.28. The SMILES string of the molecule is CCOc1cc(C2=NN(Cc3ccc(NC(=O)OCCCN(CC)CC)cc3)C(=O)CC2)ccc1OC. The van der Waals surface area contributed by atoms with Crippen LogP contribution in [0.15, 0.2) is 47.6 Å². The molecule has 0 unspecified atom stereocenters. The maximum Gasteiger partial charge on any atom is 0.411 e. The lowest BCUT2D eigenvalue weighted by Gasteiger charge is -2.24. The van der Waals surface area contributed by atoms with Crippen molar-refractivity contribution < 1.29 is 23.8 Å². The van der Waals surface area contributed by atoms with Crippen LogP contribution >= 0.6 is 0 Å². The molecule has 0 bridgehead atoms. The number of hydrogen-bond acceptors (Lipinski definition) is 7. The molecule has 9 nitrogen and oxygen atoms in total. The minimum Gasteiger partial charge on any atom is -0.493 e. The fourth-order valence-electron chi connectivity index (χ4n) is 4.07. The summed E-state index contributed by atoms with van der Waals surface area (Å²) >= 11 is 0. The molecule has 1 N–H and O–H groups in total. The van der Waals surface area contributed by atoms with Gasteiger partial charge in [0.2, 0.25) is 5.91 Å². The molecule has 0 saturated carbocycles. The first kappa shape index (κ1) is 28.0. The summed E-state index contributed by atoms with van der Waals surface area (Å²) in [4.78, 5) is 26.9. The number of benzene rings is 2. The highest BCUT2D eigenvalue weighted by molar-refractivity contribution is 6.04. The molecule has 200 valence electrons. The van der Waals surface area contributed by atoms with Crippen LogP contribution in [0.5, 0.6) is 11.5 Å². The average Bonchev–Trinajstić information content (AvgIpc) is 2.91. The van der Waals surface area contributed by atoms with E-state index >= 15 is 0 Å². The summed E-state index contributed by atoms with van der Waals surface area (Å²) in [6, 6.07) is 13.0. The van der Waals surface area contributed by atoms with Gasteiger partial charge in [0.1, 0.15) is 0 Å². The van der Waals surface area contributed by atoms with E-state index in [0.717, 1.165) is 42.9 Å². The third kappa shape index (κ3) is 8.21. The fraction of sp³-hybridized carbons (Fsp3) is 0.464. The van der Waals surface area contributed by atoms with Gasteiger partial charge in [-0.3, -0.25) is 10.1 Å². The molecule has 0 fully saturated rings. The van der Waals surface area contributed by atoms with Crippen LogP contribution in [-0.2, 0) is 16.1 Å². The standard InChI is InChI=1S/C28H38N4O5/c1-5-31(6-2)17-8-18-37-28(34)29-23-12-9-21(10-13-23)20-32-27(33)16-14-24(30-32)22-11-15-25(35-4)26(19-22)36-7-3/h9-13,15,19H,5-8,14,16-18,20H2,1-4H3,(H,29,34). The number of hydrogen-bond donors (Lipinski definition) is 1. The maximum atomic E-state index is 12.6. The predicted octanol–water partition coefficient (Wildman–Crippen LogP) is 4.90. The molecule has 1 aliphatic rings. The van der Waals surface area contributed by atoms with Gasteiger partial charge in [0.15, 0.2) is 11.5 Å². The third-order valence-corrected chi connectivity index (χ3v) is 6.18. The van der Waals surface area contributed by atoms with Crippen molar-refractivity contribution in [3.63, 3.8) is 0 Å². The van der Waals surface area contributed by atoms with E-state index in [9.17, 15) is 9.59 Å². The van der Waals surface area contributed by atoms with Gasteiger partial charge in [0.25, 0.3) is 0 Å². The van der Waals surface area contributed by atoms with Crippen LogP contribution in [0.4, 0.5) is 10.5 Å². The second-order valence-electron chi connectivity index (χ2n) is 8.64. The predicted molar refractivity (Wildman–Crippen MR) is 144 cm³/mol. The van der Waals surface area contributed by atoms with Crippen molar-refractivity contribution in [2.24, 2.45) is 5.10 Å². The van der Waals surface area contributed by atoms with E-state index in [2.05, 4.69) is 29.2 Å². The van der Waals surface area contributed by atoms with Crippen LogP contribution in [0.3, 0.4) is 0 Å². The van der Waals surface area contributed by atoms with E-state index in [0.29, 0.717) is 49.8 Å². The lowest BCUT2D eigenvalue weighted by molar-refractivity contribution is -0.132. The van der Waals surface area contributed by atoms with E-state index in [4.69, 9.17) is 14.2 Å². The lowest BCUT2D eigenvalue weighted by Crippen LogP contribution is -2.31. The maximum absolute atomic E-state index is 12.6. The molecule has 0 spiro atoms. The van der Waals surface area contributed by atoms with Crippen molar-refractivity contribution in [2.75, 3.05) is 45.3 Å². The molecule has 2 aromatic rings. The molecule has 0 aromatic heterocycles. The fourth-order valence-corrected chi connectivity index (χ4v) is 4.07. The molecule has 9 heteroatoms. The summed E-state index contributed by atoms with van der Waals surface area (Å²) in [6.07, 6.45) is 1.27. The van der Waals surface area contributed by atoms with Gasteiger partial charge in [-0.15, -0.1) is 0 Å². The van der Waals surface area contributed by atoms with Crippen molar-refractivity contribution in [3.8, 4) is 11.5 Å². The van der Waals surface area contributed by atoms with Crippen molar-refractivity contribution >= 4 is 23.4 Å². The Kier molecular flexibility index (Phi) is 10.8. The zero-order valence-corrected chi connectivity index (χ0v) is 22.3. The molecule has 1 aliphatic heterocycles. The number of carbonyl (C=O) groups excluding carboxylic acids is 2. The van der Waals surface area contributed by atoms with E-state index in [1.54, 1.807) is 19.2 Å². The number of rotatable bonds is 13. The van der Waals surface area contributed by atoms with Crippen LogP contribution in [-0.4, -0.2) is 67.6 Å². The second kappa shape index (κ2) is 14.2. The number of methoxy groups -OCH3 is 1. The van der Waals surface area contributed by atoms with Crippen LogP contribution in [0.1, 0.15) is 51.2 Å². The largest absolute Gasteiger partial charge is 0.493 e. The topological polar surface area (TPSA) is 92.7 Å².